The van der Waals surface area contributed by atoms with E-state index in [2.05, 4.69) is 0 Å². The molecule has 1 aromatic rings. The Kier molecular flexibility index (Phi) is 4.91. The van der Waals surface area contributed by atoms with Crippen molar-refractivity contribution in [1.82, 2.24) is 4.90 Å². The van der Waals surface area contributed by atoms with Gasteiger partial charge in [0, 0.05) is 17.0 Å². The first-order valence-electron chi connectivity index (χ1n) is 7.68. The standard InChI is InChI=1S/C17H21FN2O4/c1-11-8-9-14(20(22)23)15(12-6-5-7-13(18)10-12)19(11)16(21)24-17(2,3)4/h5-8,10,14-15H,9H2,1-4H3/t14-,15+/m1/s1. The lowest BCUT2D eigenvalue weighted by Gasteiger charge is -2.37. The second-order valence-corrected chi connectivity index (χ2v) is 6.78. The predicted molar refractivity (Wildman–Crippen MR) is 86.4 cm³/mol. The molecule has 0 unspecified atom stereocenters. The summed E-state index contributed by atoms with van der Waals surface area (Å²) < 4.78 is 19.0. The van der Waals surface area contributed by atoms with E-state index in [1.807, 2.05) is 0 Å². The summed E-state index contributed by atoms with van der Waals surface area (Å²) in [5.41, 5.74) is 0.178. The number of nitro groups is 1. The van der Waals surface area contributed by atoms with E-state index in [0.717, 1.165) is 0 Å². The third-order valence-corrected chi connectivity index (χ3v) is 3.73. The highest BCUT2D eigenvalue weighted by molar-refractivity contribution is 5.71. The Balaban J connectivity index is 2.50. The van der Waals surface area contributed by atoms with Crippen molar-refractivity contribution >= 4 is 6.09 Å². The molecule has 0 bridgehead atoms. The number of hydrogen-bond donors (Lipinski definition) is 0. The molecule has 2 atom stereocenters. The minimum absolute atomic E-state index is 0.166. The fourth-order valence-corrected chi connectivity index (χ4v) is 2.74. The average Bonchev–Trinajstić information content (AvgIpc) is 2.44. The SMILES string of the molecule is CC1=CC[C@@H]([N+](=O)[O-])[C@H](c2cccc(F)c2)N1C(=O)OC(C)(C)C. The molecule has 1 aliphatic rings. The van der Waals surface area contributed by atoms with Crippen LogP contribution in [0, 0.1) is 15.9 Å². The molecule has 130 valence electrons. The molecule has 7 heteroatoms. The number of benzene rings is 1. The summed E-state index contributed by atoms with van der Waals surface area (Å²) in [6.45, 7) is 6.84. The predicted octanol–water partition coefficient (Wildman–Crippen LogP) is 4.06. The first-order chi connectivity index (χ1) is 11.1. The van der Waals surface area contributed by atoms with Crippen molar-refractivity contribution in [2.24, 2.45) is 0 Å². The van der Waals surface area contributed by atoms with Crippen molar-refractivity contribution in [3.63, 3.8) is 0 Å². The zero-order chi connectivity index (χ0) is 18.1. The van der Waals surface area contributed by atoms with Gasteiger partial charge in [0.15, 0.2) is 0 Å². The van der Waals surface area contributed by atoms with Gasteiger partial charge in [-0.25, -0.2) is 9.18 Å². The minimum atomic E-state index is -1.07. The van der Waals surface area contributed by atoms with E-state index in [0.29, 0.717) is 11.3 Å². The van der Waals surface area contributed by atoms with Crippen LogP contribution in [0.15, 0.2) is 36.0 Å². The molecular formula is C17H21FN2O4. The second kappa shape index (κ2) is 6.59. The molecule has 24 heavy (non-hydrogen) atoms. The Morgan fingerprint density at radius 2 is 2.08 bits per heavy atom. The smallest absolute Gasteiger partial charge is 0.415 e. The van der Waals surface area contributed by atoms with Crippen molar-refractivity contribution in [2.45, 2.75) is 51.8 Å². The first kappa shape index (κ1) is 17.9. The summed E-state index contributed by atoms with van der Waals surface area (Å²) in [7, 11) is 0. The molecule has 1 amide bonds. The maximum Gasteiger partial charge on any atom is 0.415 e. The number of hydrogen-bond acceptors (Lipinski definition) is 4. The quantitative estimate of drug-likeness (QED) is 0.603. The van der Waals surface area contributed by atoms with Crippen LogP contribution in [-0.2, 0) is 4.74 Å². The number of ether oxygens (including phenoxy) is 1. The molecule has 1 heterocycles. The maximum atomic E-state index is 13.6. The van der Waals surface area contributed by atoms with E-state index in [-0.39, 0.29) is 6.42 Å². The van der Waals surface area contributed by atoms with Crippen molar-refractivity contribution < 1.29 is 18.8 Å². The van der Waals surface area contributed by atoms with Crippen LogP contribution in [0.5, 0.6) is 0 Å². The average molecular weight is 336 g/mol. The molecule has 0 fully saturated rings. The van der Waals surface area contributed by atoms with Crippen LogP contribution in [-0.4, -0.2) is 27.6 Å². The van der Waals surface area contributed by atoms with Crippen LogP contribution in [0.3, 0.4) is 0 Å². The molecule has 6 nitrogen and oxygen atoms in total. The number of carbonyl (C=O) groups is 1. The van der Waals surface area contributed by atoms with Gasteiger partial charge in [-0.15, -0.1) is 0 Å². The van der Waals surface area contributed by atoms with Crippen molar-refractivity contribution in [1.29, 1.82) is 0 Å². The molecule has 0 radical (unpaired) electrons. The number of amides is 1. The number of allylic oxidation sites excluding steroid dienone is 1. The molecule has 0 spiro atoms. The Bertz CT molecular complexity index is 681. The third-order valence-electron chi connectivity index (χ3n) is 3.73. The summed E-state index contributed by atoms with van der Waals surface area (Å²) >= 11 is 0. The van der Waals surface area contributed by atoms with Gasteiger partial charge in [-0.05, 0) is 45.4 Å². The Labute approximate surface area is 140 Å². The number of rotatable bonds is 2. The largest absolute Gasteiger partial charge is 0.443 e. The van der Waals surface area contributed by atoms with E-state index in [1.54, 1.807) is 39.8 Å². The van der Waals surface area contributed by atoms with E-state index in [4.69, 9.17) is 4.74 Å². The van der Waals surface area contributed by atoms with Crippen molar-refractivity contribution in [2.75, 3.05) is 0 Å². The fourth-order valence-electron chi connectivity index (χ4n) is 2.74. The van der Waals surface area contributed by atoms with Gasteiger partial charge in [0.25, 0.3) is 0 Å². The normalized spacial score (nSPS) is 21.2. The molecule has 0 saturated carbocycles. The molecule has 0 N–H and O–H groups in total. The molecular weight excluding hydrogens is 315 g/mol. The highest BCUT2D eigenvalue weighted by Gasteiger charge is 2.44. The second-order valence-electron chi connectivity index (χ2n) is 6.78. The molecule has 0 aliphatic carbocycles. The minimum Gasteiger partial charge on any atom is -0.443 e. The number of halogens is 1. The Morgan fingerprint density at radius 1 is 1.42 bits per heavy atom. The highest BCUT2D eigenvalue weighted by atomic mass is 19.1. The van der Waals surface area contributed by atoms with Crippen LogP contribution in [0.2, 0.25) is 0 Å². The molecule has 0 aromatic heterocycles. The first-order valence-corrected chi connectivity index (χ1v) is 7.68. The van der Waals surface area contributed by atoms with Crippen LogP contribution >= 0.6 is 0 Å². The lowest BCUT2D eigenvalue weighted by molar-refractivity contribution is -0.530. The van der Waals surface area contributed by atoms with Crippen LogP contribution < -0.4 is 0 Å². The highest BCUT2D eigenvalue weighted by Crippen LogP contribution is 2.36. The van der Waals surface area contributed by atoms with Crippen molar-refractivity contribution in [3.8, 4) is 0 Å². The van der Waals surface area contributed by atoms with Gasteiger partial charge in [0.2, 0.25) is 6.04 Å². The monoisotopic (exact) mass is 336 g/mol. The van der Waals surface area contributed by atoms with Crippen LogP contribution in [0.4, 0.5) is 9.18 Å². The van der Waals surface area contributed by atoms with E-state index in [9.17, 15) is 19.3 Å². The van der Waals surface area contributed by atoms with Crippen molar-refractivity contribution in [3.05, 3.63) is 57.5 Å². The zero-order valence-electron chi connectivity index (χ0n) is 14.2. The van der Waals surface area contributed by atoms with Gasteiger partial charge in [-0.2, -0.15) is 0 Å². The number of carbonyl (C=O) groups excluding carboxylic acids is 1. The van der Waals surface area contributed by atoms with Crippen LogP contribution in [0.1, 0.15) is 45.7 Å². The van der Waals surface area contributed by atoms with Gasteiger partial charge in [0.1, 0.15) is 17.5 Å². The van der Waals surface area contributed by atoms with E-state index < -0.39 is 34.5 Å². The number of nitrogens with zero attached hydrogens (tertiary/aromatic N) is 2. The van der Waals surface area contributed by atoms with E-state index >= 15 is 0 Å². The third kappa shape index (κ3) is 3.90. The van der Waals surface area contributed by atoms with Gasteiger partial charge in [0.05, 0.1) is 0 Å². The van der Waals surface area contributed by atoms with Gasteiger partial charge >= 0.3 is 6.09 Å². The fraction of sp³-hybridized carbons (Fsp3) is 0.471. The molecule has 2 rings (SSSR count). The summed E-state index contributed by atoms with van der Waals surface area (Å²) in [5.74, 6) is -0.508. The van der Waals surface area contributed by atoms with E-state index in [1.165, 1.54) is 23.1 Å². The lowest BCUT2D eigenvalue weighted by atomic mass is 9.92. The topological polar surface area (TPSA) is 72.7 Å². The zero-order valence-corrected chi connectivity index (χ0v) is 14.2. The molecule has 1 aliphatic heterocycles. The molecule has 1 aromatic carbocycles. The Morgan fingerprint density at radius 3 is 2.62 bits per heavy atom. The molecule has 0 saturated heterocycles. The van der Waals surface area contributed by atoms with Gasteiger partial charge in [-0.3, -0.25) is 15.0 Å². The van der Waals surface area contributed by atoms with Gasteiger partial charge in [-0.1, -0.05) is 18.2 Å². The summed E-state index contributed by atoms with van der Waals surface area (Å²) in [4.78, 5) is 24.9. The van der Waals surface area contributed by atoms with Gasteiger partial charge < -0.3 is 4.74 Å². The summed E-state index contributed by atoms with van der Waals surface area (Å²) in [6, 6.07) is 3.55. The maximum absolute atomic E-state index is 13.6. The van der Waals surface area contributed by atoms with Crippen LogP contribution in [0.25, 0.3) is 0 Å². The summed E-state index contributed by atoms with van der Waals surface area (Å²) in [5, 5.41) is 11.5. The Hall–Kier alpha value is -2.44. The lowest BCUT2D eigenvalue weighted by Crippen LogP contribution is -2.46. The summed E-state index contributed by atoms with van der Waals surface area (Å²) in [6.07, 6.45) is 1.11.